The Balaban J connectivity index is 1.43. The topological polar surface area (TPSA) is 109 Å². The number of carbonyl (C=O) groups excluding carboxylic acids is 2. The van der Waals surface area contributed by atoms with Crippen LogP contribution >= 0.6 is 11.6 Å². The second-order valence-corrected chi connectivity index (χ2v) is 9.87. The smallest absolute Gasteiger partial charge is 0.328 e. The maximum absolute atomic E-state index is 12.9. The van der Waals surface area contributed by atoms with Crippen molar-refractivity contribution in [2.75, 3.05) is 51.0 Å². The molecule has 2 N–H and O–H groups in total. The van der Waals surface area contributed by atoms with Crippen molar-refractivity contribution in [3.8, 4) is 5.75 Å². The summed E-state index contributed by atoms with van der Waals surface area (Å²) in [4.78, 5) is 38.7. The molecule has 2 heterocycles. The summed E-state index contributed by atoms with van der Waals surface area (Å²) in [7, 11) is 2.93. The van der Waals surface area contributed by atoms with Gasteiger partial charge >= 0.3 is 12.0 Å². The van der Waals surface area contributed by atoms with Crippen molar-refractivity contribution in [2.24, 2.45) is 5.92 Å². The van der Waals surface area contributed by atoms with Gasteiger partial charge in [0.2, 0.25) is 0 Å². The molecule has 11 heteroatoms. The van der Waals surface area contributed by atoms with Crippen LogP contribution in [0.2, 0.25) is 5.02 Å². The molecule has 1 aliphatic heterocycles. The third kappa shape index (κ3) is 6.43. The van der Waals surface area contributed by atoms with Crippen molar-refractivity contribution in [2.45, 2.75) is 26.4 Å². The molecule has 1 saturated heterocycles. The Morgan fingerprint density at radius 3 is 2.47 bits per heavy atom. The summed E-state index contributed by atoms with van der Waals surface area (Å²) in [5, 5.41) is 7.53. The van der Waals surface area contributed by atoms with Crippen LogP contribution in [-0.4, -0.2) is 78.2 Å². The van der Waals surface area contributed by atoms with Gasteiger partial charge in [-0.1, -0.05) is 37.6 Å². The molecular formula is C27H33ClN6O4. The highest BCUT2D eigenvalue weighted by atomic mass is 35.5. The number of methoxy groups -OCH3 is 2. The first kappa shape index (κ1) is 27.4. The van der Waals surface area contributed by atoms with Crippen LogP contribution in [0.5, 0.6) is 5.75 Å². The van der Waals surface area contributed by atoms with Gasteiger partial charge in [-0.2, -0.15) is 0 Å². The summed E-state index contributed by atoms with van der Waals surface area (Å²) in [6, 6.07) is 12.1. The van der Waals surface area contributed by atoms with Crippen molar-refractivity contribution in [3.05, 3.63) is 53.3 Å². The van der Waals surface area contributed by atoms with Crippen LogP contribution in [-0.2, 0) is 16.1 Å². The molecule has 0 bridgehead atoms. The van der Waals surface area contributed by atoms with Crippen LogP contribution in [0.15, 0.2) is 42.5 Å². The van der Waals surface area contributed by atoms with Crippen molar-refractivity contribution in [1.82, 2.24) is 19.8 Å². The van der Waals surface area contributed by atoms with Gasteiger partial charge in [0, 0.05) is 36.6 Å². The minimum Gasteiger partial charge on any atom is -0.495 e. The van der Waals surface area contributed by atoms with Crippen molar-refractivity contribution < 1.29 is 19.1 Å². The summed E-state index contributed by atoms with van der Waals surface area (Å²) < 4.78 is 10.3. The van der Waals surface area contributed by atoms with E-state index in [-0.39, 0.29) is 17.9 Å². The molecule has 1 fully saturated rings. The van der Waals surface area contributed by atoms with Crippen LogP contribution in [0.25, 0.3) is 10.9 Å². The Morgan fingerprint density at radius 1 is 1.05 bits per heavy atom. The second kappa shape index (κ2) is 12.3. The first-order valence-electron chi connectivity index (χ1n) is 12.5. The average molecular weight is 541 g/mol. The normalized spacial score (nSPS) is 14.8. The third-order valence-electron chi connectivity index (χ3n) is 6.49. The number of urea groups is 1. The van der Waals surface area contributed by atoms with E-state index in [4.69, 9.17) is 31.0 Å². The monoisotopic (exact) mass is 540 g/mol. The molecule has 3 aromatic rings. The number of hydrogen-bond acceptors (Lipinski definition) is 8. The van der Waals surface area contributed by atoms with Gasteiger partial charge in [0.15, 0.2) is 0 Å². The molecule has 0 aliphatic carbocycles. The fraction of sp³-hybridized carbons (Fsp3) is 0.407. The van der Waals surface area contributed by atoms with Crippen LogP contribution in [0.4, 0.5) is 16.3 Å². The van der Waals surface area contributed by atoms with Crippen LogP contribution in [0.3, 0.4) is 0 Å². The molecule has 4 rings (SSSR count). The molecule has 0 radical (unpaired) electrons. The molecule has 10 nitrogen and oxygen atoms in total. The number of halogens is 1. The van der Waals surface area contributed by atoms with E-state index in [0.29, 0.717) is 60.8 Å². The molecule has 202 valence electrons. The molecule has 1 aliphatic rings. The minimum absolute atomic E-state index is 0.00531. The second-order valence-electron chi connectivity index (χ2n) is 9.43. The lowest BCUT2D eigenvalue weighted by molar-refractivity contribution is -0.142. The first-order valence-corrected chi connectivity index (χ1v) is 12.9. The quantitative estimate of drug-likeness (QED) is 0.408. The maximum atomic E-state index is 12.9. The summed E-state index contributed by atoms with van der Waals surface area (Å²) in [6.07, 6.45) is 0. The number of nitrogens with zero attached hydrogens (tertiary/aromatic N) is 4. The van der Waals surface area contributed by atoms with Gasteiger partial charge in [0.05, 0.1) is 32.0 Å². The lowest BCUT2D eigenvalue weighted by Gasteiger charge is -2.34. The Morgan fingerprint density at radius 2 is 1.79 bits per heavy atom. The van der Waals surface area contributed by atoms with E-state index in [2.05, 4.69) is 15.5 Å². The van der Waals surface area contributed by atoms with Gasteiger partial charge in [-0.05, 0) is 36.2 Å². The Labute approximate surface area is 227 Å². The number of nitrogens with one attached hydrogen (secondary N) is 2. The standard InChI is InChI=1S/C27H33ClN6O4/c1-17(2)24(26(35)38-4)32-25-19-7-5-6-8-20(19)29-23(31-25)16-33-11-13-34(14-12-33)27(36)30-21-15-18(28)9-10-22(21)37-3/h5-10,15,17,24H,11-14,16H2,1-4H3,(H,30,36)(H,29,31,32)/t24-/m0/s1. The van der Waals surface area contributed by atoms with Crippen LogP contribution in [0, 0.1) is 5.92 Å². The van der Waals surface area contributed by atoms with E-state index >= 15 is 0 Å². The number of ether oxygens (including phenoxy) is 2. The van der Waals surface area contributed by atoms with Gasteiger partial charge in [-0.25, -0.2) is 19.6 Å². The van der Waals surface area contributed by atoms with Crippen LogP contribution in [0.1, 0.15) is 19.7 Å². The number of para-hydroxylation sites is 1. The predicted molar refractivity (Wildman–Crippen MR) is 148 cm³/mol. The Hall–Kier alpha value is -3.63. The van der Waals surface area contributed by atoms with E-state index < -0.39 is 6.04 Å². The van der Waals surface area contributed by atoms with Crippen LogP contribution < -0.4 is 15.4 Å². The summed E-state index contributed by atoms with van der Waals surface area (Å²) in [6.45, 7) is 6.84. The fourth-order valence-electron chi connectivity index (χ4n) is 4.36. The highest BCUT2D eigenvalue weighted by molar-refractivity contribution is 6.31. The number of benzene rings is 2. The number of piperazine rings is 1. The number of rotatable bonds is 8. The highest BCUT2D eigenvalue weighted by Gasteiger charge is 2.26. The summed E-state index contributed by atoms with van der Waals surface area (Å²) in [5.74, 6) is 1.45. The molecule has 1 aromatic heterocycles. The zero-order valence-corrected chi connectivity index (χ0v) is 22.8. The van der Waals surface area contributed by atoms with E-state index in [9.17, 15) is 9.59 Å². The number of amides is 2. The number of hydrogen-bond donors (Lipinski definition) is 2. The minimum atomic E-state index is -0.536. The zero-order chi connectivity index (χ0) is 27.2. The average Bonchev–Trinajstić information content (AvgIpc) is 2.91. The van der Waals surface area contributed by atoms with E-state index in [1.807, 2.05) is 38.1 Å². The number of esters is 1. The first-order chi connectivity index (χ1) is 18.3. The molecule has 1 atom stereocenters. The largest absolute Gasteiger partial charge is 0.495 e. The molecule has 0 spiro atoms. The number of aromatic nitrogens is 2. The van der Waals surface area contributed by atoms with E-state index in [1.54, 1.807) is 30.2 Å². The van der Waals surface area contributed by atoms with Gasteiger partial charge in [-0.3, -0.25) is 4.90 Å². The van der Waals surface area contributed by atoms with Crippen molar-refractivity contribution in [3.63, 3.8) is 0 Å². The Bertz CT molecular complexity index is 1300. The summed E-state index contributed by atoms with van der Waals surface area (Å²) >= 11 is 6.09. The number of fused-ring (bicyclic) bond motifs is 1. The molecule has 0 unspecified atom stereocenters. The number of carbonyl (C=O) groups is 2. The molecule has 38 heavy (non-hydrogen) atoms. The van der Waals surface area contributed by atoms with Gasteiger partial charge < -0.3 is 25.0 Å². The van der Waals surface area contributed by atoms with Crippen molar-refractivity contribution >= 4 is 46.0 Å². The van der Waals surface area contributed by atoms with Gasteiger partial charge in [0.1, 0.15) is 23.4 Å². The van der Waals surface area contributed by atoms with E-state index in [0.717, 1.165) is 10.9 Å². The van der Waals surface area contributed by atoms with Crippen molar-refractivity contribution in [1.29, 1.82) is 0 Å². The van der Waals surface area contributed by atoms with E-state index in [1.165, 1.54) is 7.11 Å². The molecule has 2 aromatic carbocycles. The third-order valence-corrected chi connectivity index (χ3v) is 6.73. The lowest BCUT2D eigenvalue weighted by atomic mass is 10.0. The van der Waals surface area contributed by atoms with Gasteiger partial charge in [0.25, 0.3) is 0 Å². The molecular weight excluding hydrogens is 508 g/mol. The molecule has 0 saturated carbocycles. The number of anilines is 2. The lowest BCUT2D eigenvalue weighted by Crippen LogP contribution is -2.49. The zero-order valence-electron chi connectivity index (χ0n) is 22.0. The van der Waals surface area contributed by atoms with Gasteiger partial charge in [-0.15, -0.1) is 0 Å². The molecule has 2 amide bonds. The fourth-order valence-corrected chi connectivity index (χ4v) is 4.53. The Kier molecular flexibility index (Phi) is 8.85. The SMILES string of the molecule is COC(=O)[C@@H](Nc1nc(CN2CCN(C(=O)Nc3cc(Cl)ccc3OC)CC2)nc2ccccc12)C(C)C. The highest BCUT2D eigenvalue weighted by Crippen LogP contribution is 2.28. The maximum Gasteiger partial charge on any atom is 0.328 e. The summed E-state index contributed by atoms with van der Waals surface area (Å²) in [5.41, 5.74) is 1.32. The predicted octanol–water partition coefficient (Wildman–Crippen LogP) is 4.25.